The van der Waals surface area contributed by atoms with Crippen molar-refractivity contribution in [1.29, 1.82) is 0 Å². The fourth-order valence-electron chi connectivity index (χ4n) is 1.33. The van der Waals surface area contributed by atoms with Crippen molar-refractivity contribution in [2.24, 2.45) is 0 Å². The summed E-state index contributed by atoms with van der Waals surface area (Å²) in [6, 6.07) is 2.88. The zero-order valence-corrected chi connectivity index (χ0v) is 8.28. The first kappa shape index (κ1) is 9.76. The second kappa shape index (κ2) is 3.42. The maximum Gasteiger partial charge on any atom is 0.350 e. The lowest BCUT2D eigenvalue weighted by molar-refractivity contribution is -0.151. The van der Waals surface area contributed by atoms with Crippen molar-refractivity contribution < 1.29 is 14.3 Å². The Balaban J connectivity index is 2.12. The van der Waals surface area contributed by atoms with Gasteiger partial charge in [-0.1, -0.05) is 0 Å². The Morgan fingerprint density at radius 1 is 1.47 bits per heavy atom. The number of aromatic nitrogens is 1. The molecular weight excluding hydrogens is 198 g/mol. The van der Waals surface area contributed by atoms with Gasteiger partial charge < -0.3 is 14.5 Å². The van der Waals surface area contributed by atoms with Gasteiger partial charge in [-0.15, -0.1) is 0 Å². The molecule has 1 aromatic heterocycles. The van der Waals surface area contributed by atoms with Gasteiger partial charge in [0.2, 0.25) is 11.2 Å². The van der Waals surface area contributed by atoms with E-state index >= 15 is 0 Å². The smallest absolute Gasteiger partial charge is 0.350 e. The van der Waals surface area contributed by atoms with Gasteiger partial charge in [-0.2, -0.15) is 0 Å². The second-order valence-corrected chi connectivity index (χ2v) is 3.48. The van der Waals surface area contributed by atoms with Gasteiger partial charge in [0.1, 0.15) is 5.75 Å². The standard InChI is InChI=1S/C10H11NO4/c1-14-9(13)10(4-5-10)15-7-2-3-8(12)11-6-7/h2-3,6H,4-5H2,1H3,(H,11,12). The highest BCUT2D eigenvalue weighted by Crippen LogP contribution is 2.40. The van der Waals surface area contributed by atoms with Gasteiger partial charge in [0, 0.05) is 25.1 Å². The van der Waals surface area contributed by atoms with Crippen LogP contribution in [0.5, 0.6) is 5.75 Å². The zero-order chi connectivity index (χ0) is 10.9. The third-order valence-electron chi connectivity index (χ3n) is 2.33. The quantitative estimate of drug-likeness (QED) is 0.734. The van der Waals surface area contributed by atoms with Crippen LogP contribution in [0.1, 0.15) is 12.8 Å². The molecule has 1 heterocycles. The Kier molecular flexibility index (Phi) is 2.22. The molecule has 2 rings (SSSR count). The normalized spacial score (nSPS) is 16.9. The molecule has 15 heavy (non-hydrogen) atoms. The number of esters is 1. The Morgan fingerprint density at radius 3 is 2.67 bits per heavy atom. The molecule has 5 heteroatoms. The van der Waals surface area contributed by atoms with E-state index in [1.807, 2.05) is 0 Å². The van der Waals surface area contributed by atoms with E-state index in [9.17, 15) is 9.59 Å². The van der Waals surface area contributed by atoms with E-state index in [4.69, 9.17) is 4.74 Å². The zero-order valence-electron chi connectivity index (χ0n) is 8.28. The molecule has 1 fully saturated rings. The van der Waals surface area contributed by atoms with Crippen molar-refractivity contribution >= 4 is 5.97 Å². The average Bonchev–Trinajstić information content (AvgIpc) is 3.01. The summed E-state index contributed by atoms with van der Waals surface area (Å²) in [7, 11) is 1.33. The van der Waals surface area contributed by atoms with E-state index in [-0.39, 0.29) is 11.5 Å². The highest BCUT2D eigenvalue weighted by molar-refractivity contribution is 5.83. The van der Waals surface area contributed by atoms with E-state index in [1.165, 1.54) is 25.4 Å². The molecular formula is C10H11NO4. The third-order valence-corrected chi connectivity index (χ3v) is 2.33. The van der Waals surface area contributed by atoms with Crippen LogP contribution < -0.4 is 10.3 Å². The first-order valence-electron chi connectivity index (χ1n) is 4.62. The molecule has 0 amide bonds. The molecule has 1 N–H and O–H groups in total. The Bertz CT molecular complexity index is 413. The van der Waals surface area contributed by atoms with Crippen molar-refractivity contribution in [3.05, 3.63) is 28.7 Å². The molecule has 1 aliphatic carbocycles. The van der Waals surface area contributed by atoms with E-state index in [0.717, 1.165) is 0 Å². The average molecular weight is 209 g/mol. The number of carbonyl (C=O) groups excluding carboxylic acids is 1. The summed E-state index contributed by atoms with van der Waals surface area (Å²) in [6.07, 6.45) is 2.74. The highest BCUT2D eigenvalue weighted by Gasteiger charge is 2.54. The van der Waals surface area contributed by atoms with Crippen LogP contribution >= 0.6 is 0 Å². The number of carbonyl (C=O) groups is 1. The third kappa shape index (κ3) is 1.86. The summed E-state index contributed by atoms with van der Waals surface area (Å²) in [4.78, 5) is 24.6. The molecule has 0 unspecified atom stereocenters. The number of hydrogen-bond acceptors (Lipinski definition) is 4. The predicted octanol–water partition coefficient (Wildman–Crippen LogP) is 0.459. The second-order valence-electron chi connectivity index (χ2n) is 3.48. The van der Waals surface area contributed by atoms with Crippen LogP contribution in [0.15, 0.2) is 23.1 Å². The molecule has 1 aromatic rings. The predicted molar refractivity (Wildman–Crippen MR) is 51.7 cm³/mol. The number of rotatable bonds is 3. The lowest BCUT2D eigenvalue weighted by Gasteiger charge is -2.14. The van der Waals surface area contributed by atoms with Crippen molar-refractivity contribution in [2.45, 2.75) is 18.4 Å². The SMILES string of the molecule is COC(=O)C1(Oc2ccc(=O)[nH]c2)CC1. The van der Waals surface area contributed by atoms with Crippen molar-refractivity contribution in [3.63, 3.8) is 0 Å². The molecule has 1 saturated carbocycles. The van der Waals surface area contributed by atoms with Gasteiger partial charge >= 0.3 is 5.97 Å². The van der Waals surface area contributed by atoms with Gasteiger partial charge in [-0.3, -0.25) is 4.79 Å². The van der Waals surface area contributed by atoms with Gasteiger partial charge in [0.15, 0.2) is 0 Å². The van der Waals surface area contributed by atoms with Crippen LogP contribution in [0.2, 0.25) is 0 Å². The first-order valence-corrected chi connectivity index (χ1v) is 4.62. The number of nitrogens with one attached hydrogen (secondary N) is 1. The maximum absolute atomic E-state index is 11.3. The van der Waals surface area contributed by atoms with Crippen LogP contribution in [0, 0.1) is 0 Å². The summed E-state index contributed by atoms with van der Waals surface area (Å²) in [5.74, 6) is 0.103. The summed E-state index contributed by atoms with van der Waals surface area (Å²) in [5, 5.41) is 0. The number of hydrogen-bond donors (Lipinski definition) is 1. The van der Waals surface area contributed by atoms with Crippen LogP contribution in [-0.4, -0.2) is 23.7 Å². The van der Waals surface area contributed by atoms with Gasteiger partial charge in [-0.05, 0) is 6.07 Å². The van der Waals surface area contributed by atoms with E-state index < -0.39 is 5.60 Å². The molecule has 5 nitrogen and oxygen atoms in total. The summed E-state index contributed by atoms with van der Waals surface area (Å²) in [5.41, 5.74) is -1.03. The lowest BCUT2D eigenvalue weighted by Crippen LogP contribution is -2.30. The Labute approximate surface area is 86.0 Å². The molecule has 0 aliphatic heterocycles. The number of aromatic amines is 1. The van der Waals surface area contributed by atoms with E-state index in [0.29, 0.717) is 18.6 Å². The Hall–Kier alpha value is -1.78. The van der Waals surface area contributed by atoms with Gasteiger partial charge in [-0.25, -0.2) is 4.79 Å². The summed E-state index contributed by atoms with van der Waals surface area (Å²) in [6.45, 7) is 0. The molecule has 0 bridgehead atoms. The summed E-state index contributed by atoms with van der Waals surface area (Å²) >= 11 is 0. The maximum atomic E-state index is 11.3. The molecule has 0 saturated heterocycles. The number of methoxy groups -OCH3 is 1. The largest absolute Gasteiger partial charge is 0.474 e. The van der Waals surface area contributed by atoms with Crippen molar-refractivity contribution in [3.8, 4) is 5.75 Å². The van der Waals surface area contributed by atoms with E-state index in [1.54, 1.807) is 0 Å². The van der Waals surface area contributed by atoms with Gasteiger partial charge in [0.25, 0.3) is 0 Å². The van der Waals surface area contributed by atoms with Gasteiger partial charge in [0.05, 0.1) is 7.11 Å². The van der Waals surface area contributed by atoms with Crippen LogP contribution in [0.4, 0.5) is 0 Å². The molecule has 0 atom stereocenters. The van der Waals surface area contributed by atoms with E-state index in [2.05, 4.69) is 9.72 Å². The summed E-state index contributed by atoms with van der Waals surface area (Å²) < 4.78 is 10.1. The topological polar surface area (TPSA) is 68.4 Å². The lowest BCUT2D eigenvalue weighted by atomic mass is 10.3. The number of ether oxygens (including phenoxy) is 2. The van der Waals surface area contributed by atoms with Crippen LogP contribution in [0.3, 0.4) is 0 Å². The Morgan fingerprint density at radius 2 is 2.20 bits per heavy atom. The minimum absolute atomic E-state index is 0.203. The fourth-order valence-corrected chi connectivity index (χ4v) is 1.33. The minimum Gasteiger partial charge on any atom is -0.474 e. The van der Waals surface area contributed by atoms with Crippen LogP contribution in [0.25, 0.3) is 0 Å². The first-order chi connectivity index (χ1) is 7.16. The molecule has 0 aromatic carbocycles. The number of H-pyrrole nitrogens is 1. The molecule has 0 spiro atoms. The van der Waals surface area contributed by atoms with Crippen molar-refractivity contribution in [1.82, 2.24) is 4.98 Å². The molecule has 1 aliphatic rings. The molecule has 80 valence electrons. The minimum atomic E-state index is -0.826. The van der Waals surface area contributed by atoms with Crippen LogP contribution in [-0.2, 0) is 9.53 Å². The highest BCUT2D eigenvalue weighted by atomic mass is 16.6. The van der Waals surface area contributed by atoms with Crippen molar-refractivity contribution in [2.75, 3.05) is 7.11 Å². The fraction of sp³-hybridized carbons (Fsp3) is 0.400. The molecule has 0 radical (unpaired) electrons. The monoisotopic (exact) mass is 209 g/mol. The number of pyridine rings is 1.